The van der Waals surface area contributed by atoms with Gasteiger partial charge in [-0.1, -0.05) is 0 Å². The minimum absolute atomic E-state index is 0.00135. The summed E-state index contributed by atoms with van der Waals surface area (Å²) in [6.45, 7) is 2.57. The number of aromatic nitrogens is 1. The van der Waals surface area contributed by atoms with Crippen LogP contribution in [0.3, 0.4) is 0 Å². The van der Waals surface area contributed by atoms with Crippen LogP contribution in [0.2, 0.25) is 0 Å². The highest BCUT2D eigenvalue weighted by molar-refractivity contribution is 7.89. The van der Waals surface area contributed by atoms with E-state index in [0.717, 1.165) is 10.9 Å². The van der Waals surface area contributed by atoms with Crippen molar-refractivity contribution < 1.29 is 18.0 Å². The summed E-state index contributed by atoms with van der Waals surface area (Å²) in [6, 6.07) is 7.02. The molecule has 0 saturated heterocycles. The normalized spacial score (nSPS) is 11.6. The third-order valence-electron chi connectivity index (χ3n) is 4.61. The van der Waals surface area contributed by atoms with Gasteiger partial charge < -0.3 is 20.1 Å². The Hall–Kier alpha value is -2.59. The summed E-state index contributed by atoms with van der Waals surface area (Å²) in [6.07, 6.45) is 2.36. The molecule has 0 aliphatic heterocycles. The largest absolute Gasteiger partial charge is 0.347 e. The first-order valence-electron chi connectivity index (χ1n) is 9.42. The van der Waals surface area contributed by atoms with Crippen LogP contribution < -0.4 is 10.6 Å². The van der Waals surface area contributed by atoms with E-state index in [2.05, 4.69) is 10.6 Å². The minimum Gasteiger partial charge on any atom is -0.347 e. The quantitative estimate of drug-likeness (QED) is 0.597. The number of nitrogens with one attached hydrogen (secondary N) is 2. The van der Waals surface area contributed by atoms with E-state index in [-0.39, 0.29) is 24.2 Å². The molecule has 2 rings (SSSR count). The van der Waals surface area contributed by atoms with Gasteiger partial charge in [0.2, 0.25) is 15.9 Å². The lowest BCUT2D eigenvalue weighted by molar-refractivity contribution is -0.129. The van der Waals surface area contributed by atoms with E-state index < -0.39 is 10.0 Å². The molecule has 1 heterocycles. The molecule has 29 heavy (non-hydrogen) atoms. The molecule has 0 bridgehead atoms. The summed E-state index contributed by atoms with van der Waals surface area (Å²) in [4.78, 5) is 25.5. The molecular weight excluding hydrogens is 394 g/mol. The minimum atomic E-state index is -3.20. The standard InChI is InChI=1S/C19H29N5O4S/c1-5-29(27,28)23(4)11-6-10-20-19(26)21-16-7-8-17-15(13-16)9-12-24(17)14-18(25)22(2)3/h7-9,12-13H,5-6,10-11,14H2,1-4H3,(H2,20,21,26). The van der Waals surface area contributed by atoms with Gasteiger partial charge in [0.25, 0.3) is 0 Å². The maximum absolute atomic E-state index is 12.1. The highest BCUT2D eigenvalue weighted by Gasteiger charge is 2.14. The molecular formula is C19H29N5O4S. The number of urea groups is 1. The lowest BCUT2D eigenvalue weighted by atomic mass is 10.2. The number of rotatable bonds is 9. The average Bonchev–Trinajstić information content (AvgIpc) is 3.06. The van der Waals surface area contributed by atoms with E-state index in [1.807, 2.05) is 29.0 Å². The first-order chi connectivity index (χ1) is 13.6. The first kappa shape index (κ1) is 22.7. The number of carbonyl (C=O) groups is 2. The Morgan fingerprint density at radius 3 is 2.52 bits per heavy atom. The Labute approximate surface area is 171 Å². The summed E-state index contributed by atoms with van der Waals surface area (Å²) in [7, 11) is 1.77. The number of benzene rings is 1. The lowest BCUT2D eigenvalue weighted by Gasteiger charge is -2.16. The molecule has 1 aromatic heterocycles. The zero-order valence-electron chi connectivity index (χ0n) is 17.3. The first-order valence-corrected chi connectivity index (χ1v) is 11.0. The van der Waals surface area contributed by atoms with Crippen LogP contribution >= 0.6 is 0 Å². The summed E-state index contributed by atoms with van der Waals surface area (Å²) in [5.41, 5.74) is 1.55. The fourth-order valence-corrected chi connectivity index (χ4v) is 3.59. The molecule has 0 spiro atoms. The fraction of sp³-hybridized carbons (Fsp3) is 0.474. The monoisotopic (exact) mass is 423 g/mol. The fourth-order valence-electron chi connectivity index (χ4n) is 2.74. The number of hydrogen-bond acceptors (Lipinski definition) is 4. The Kier molecular flexibility index (Phi) is 7.63. The maximum Gasteiger partial charge on any atom is 0.319 e. The average molecular weight is 424 g/mol. The predicted octanol–water partition coefficient (Wildman–Crippen LogP) is 1.52. The molecule has 0 unspecified atom stereocenters. The van der Waals surface area contributed by atoms with Crippen molar-refractivity contribution >= 4 is 38.6 Å². The predicted molar refractivity (Wildman–Crippen MR) is 114 cm³/mol. The topological polar surface area (TPSA) is 104 Å². The number of fused-ring (bicyclic) bond motifs is 1. The van der Waals surface area contributed by atoms with Crippen LogP contribution in [0.15, 0.2) is 30.5 Å². The van der Waals surface area contributed by atoms with Gasteiger partial charge in [0.1, 0.15) is 6.54 Å². The van der Waals surface area contributed by atoms with Crippen molar-refractivity contribution in [2.75, 3.05) is 45.3 Å². The highest BCUT2D eigenvalue weighted by atomic mass is 32.2. The van der Waals surface area contributed by atoms with Gasteiger partial charge in [0.05, 0.1) is 5.75 Å². The van der Waals surface area contributed by atoms with Crippen LogP contribution in [-0.4, -0.2) is 74.1 Å². The smallest absolute Gasteiger partial charge is 0.319 e. The second-order valence-corrected chi connectivity index (χ2v) is 9.33. The Morgan fingerprint density at radius 1 is 1.14 bits per heavy atom. The van der Waals surface area contributed by atoms with E-state index in [9.17, 15) is 18.0 Å². The van der Waals surface area contributed by atoms with Crippen LogP contribution in [0.1, 0.15) is 13.3 Å². The van der Waals surface area contributed by atoms with Crippen molar-refractivity contribution in [3.8, 4) is 0 Å². The second-order valence-electron chi connectivity index (χ2n) is 6.96. The molecule has 9 nitrogen and oxygen atoms in total. The second kappa shape index (κ2) is 9.75. The number of carbonyl (C=O) groups excluding carboxylic acids is 2. The van der Waals surface area contributed by atoms with Gasteiger partial charge in [-0.2, -0.15) is 0 Å². The maximum atomic E-state index is 12.1. The van der Waals surface area contributed by atoms with E-state index in [1.165, 1.54) is 11.4 Å². The van der Waals surface area contributed by atoms with E-state index >= 15 is 0 Å². The van der Waals surface area contributed by atoms with Crippen molar-refractivity contribution in [2.24, 2.45) is 0 Å². The van der Waals surface area contributed by atoms with Gasteiger partial charge in [0.15, 0.2) is 0 Å². The molecule has 0 radical (unpaired) electrons. The molecule has 10 heteroatoms. The van der Waals surface area contributed by atoms with E-state index in [0.29, 0.717) is 25.2 Å². The number of sulfonamides is 1. The summed E-state index contributed by atoms with van der Waals surface area (Å²) in [5.74, 6) is 0.0618. The number of anilines is 1. The van der Waals surface area contributed by atoms with Gasteiger partial charge in [-0.05, 0) is 37.6 Å². The van der Waals surface area contributed by atoms with Crippen molar-refractivity contribution in [3.63, 3.8) is 0 Å². The molecule has 0 saturated carbocycles. The van der Waals surface area contributed by atoms with Crippen molar-refractivity contribution in [1.29, 1.82) is 0 Å². The number of hydrogen-bond donors (Lipinski definition) is 2. The molecule has 0 fully saturated rings. The van der Waals surface area contributed by atoms with Gasteiger partial charge in [-0.25, -0.2) is 17.5 Å². The van der Waals surface area contributed by atoms with Crippen LogP contribution in [-0.2, 0) is 21.4 Å². The third kappa shape index (κ3) is 6.20. The van der Waals surface area contributed by atoms with Crippen molar-refractivity contribution in [3.05, 3.63) is 30.5 Å². The Bertz CT molecular complexity index is 968. The molecule has 160 valence electrons. The van der Waals surface area contributed by atoms with Crippen LogP contribution in [0.5, 0.6) is 0 Å². The van der Waals surface area contributed by atoms with Gasteiger partial charge >= 0.3 is 6.03 Å². The van der Waals surface area contributed by atoms with Crippen molar-refractivity contribution in [2.45, 2.75) is 19.9 Å². The third-order valence-corrected chi connectivity index (χ3v) is 6.47. The molecule has 1 aromatic carbocycles. The molecule has 3 amide bonds. The molecule has 0 atom stereocenters. The Morgan fingerprint density at radius 2 is 1.86 bits per heavy atom. The molecule has 0 aliphatic carbocycles. The summed E-state index contributed by atoms with van der Waals surface area (Å²) < 4.78 is 26.5. The van der Waals surface area contributed by atoms with Gasteiger partial charge in [-0.15, -0.1) is 0 Å². The molecule has 2 N–H and O–H groups in total. The van der Waals surface area contributed by atoms with Crippen molar-refractivity contribution in [1.82, 2.24) is 19.1 Å². The number of likely N-dealkylation sites (N-methyl/N-ethyl adjacent to an activating group) is 1. The van der Waals surface area contributed by atoms with Crippen LogP contribution in [0.4, 0.5) is 10.5 Å². The molecule has 0 aliphatic rings. The van der Waals surface area contributed by atoms with Crippen LogP contribution in [0, 0.1) is 0 Å². The highest BCUT2D eigenvalue weighted by Crippen LogP contribution is 2.20. The SMILES string of the molecule is CCS(=O)(=O)N(C)CCCNC(=O)Nc1ccc2c(ccn2CC(=O)N(C)C)c1. The zero-order valence-corrected chi connectivity index (χ0v) is 18.1. The van der Waals surface area contributed by atoms with E-state index in [1.54, 1.807) is 32.0 Å². The van der Waals surface area contributed by atoms with E-state index in [4.69, 9.17) is 0 Å². The summed E-state index contributed by atoms with van der Waals surface area (Å²) >= 11 is 0. The van der Waals surface area contributed by atoms with Crippen LogP contribution in [0.25, 0.3) is 10.9 Å². The molecule has 2 aromatic rings. The van der Waals surface area contributed by atoms with Gasteiger partial charge in [0, 0.05) is 57.0 Å². The van der Waals surface area contributed by atoms with Gasteiger partial charge in [-0.3, -0.25) is 4.79 Å². The number of amides is 3. The lowest BCUT2D eigenvalue weighted by Crippen LogP contribution is -2.34. The summed E-state index contributed by atoms with van der Waals surface area (Å²) in [5, 5.41) is 6.40. The number of nitrogens with zero attached hydrogens (tertiary/aromatic N) is 3. The zero-order chi connectivity index (χ0) is 21.6. The Balaban J connectivity index is 1.87.